The van der Waals surface area contributed by atoms with Crippen LogP contribution in [0.15, 0.2) is 24.3 Å². The molecule has 3 heteroatoms. The fourth-order valence-electron chi connectivity index (χ4n) is 2.84. The van der Waals surface area contributed by atoms with Gasteiger partial charge in [-0.05, 0) is 25.3 Å². The zero-order valence-corrected chi connectivity index (χ0v) is 14.5. The molecule has 1 aromatic rings. The summed E-state index contributed by atoms with van der Waals surface area (Å²) in [5.74, 6) is 0. The van der Waals surface area contributed by atoms with E-state index in [-0.39, 0.29) is 0 Å². The van der Waals surface area contributed by atoms with Crippen molar-refractivity contribution in [3.63, 3.8) is 0 Å². The number of ether oxygens (including phenoxy) is 1. The molecule has 0 unspecified atom stereocenters. The van der Waals surface area contributed by atoms with E-state index in [2.05, 4.69) is 55.7 Å². The maximum absolute atomic E-state index is 5.71. The van der Waals surface area contributed by atoms with E-state index in [1.807, 2.05) is 0 Å². The van der Waals surface area contributed by atoms with Crippen molar-refractivity contribution < 1.29 is 4.74 Å². The van der Waals surface area contributed by atoms with Crippen LogP contribution in [0.25, 0.3) is 0 Å². The molecule has 0 radical (unpaired) electrons. The predicted molar refractivity (Wildman–Crippen MR) is 89.3 cm³/mol. The Hall–Kier alpha value is -0.643. The van der Waals surface area contributed by atoms with E-state index in [1.54, 1.807) is 5.19 Å². The van der Waals surface area contributed by atoms with Crippen LogP contribution >= 0.6 is 0 Å². The Labute approximate surface area is 125 Å². The highest BCUT2D eigenvalue weighted by Gasteiger charge is 2.20. The molecule has 1 saturated heterocycles. The van der Waals surface area contributed by atoms with Gasteiger partial charge in [0, 0.05) is 26.2 Å². The first kappa shape index (κ1) is 15.7. The molecule has 1 aliphatic heterocycles. The fraction of sp³-hybridized carbons (Fsp3) is 0.647. The largest absolute Gasteiger partial charge is 0.378 e. The molecule has 2 nitrogen and oxygen atoms in total. The smallest absolute Gasteiger partial charge is 0.0775 e. The normalized spacial score (nSPS) is 18.4. The van der Waals surface area contributed by atoms with Gasteiger partial charge in [-0.3, -0.25) is 4.90 Å². The molecule has 1 aromatic carbocycles. The molecule has 20 heavy (non-hydrogen) atoms. The van der Waals surface area contributed by atoms with Crippen LogP contribution in [-0.4, -0.2) is 38.8 Å². The number of likely N-dealkylation sites (tertiary alicyclic amines) is 1. The first-order chi connectivity index (χ1) is 9.49. The Morgan fingerprint density at radius 1 is 1.10 bits per heavy atom. The van der Waals surface area contributed by atoms with Crippen molar-refractivity contribution >= 4 is 13.3 Å². The lowest BCUT2D eigenvalue weighted by atomic mass is 10.1. The topological polar surface area (TPSA) is 12.5 Å². The number of nitrogens with zero attached hydrogens (tertiary/aromatic N) is 1. The van der Waals surface area contributed by atoms with Crippen molar-refractivity contribution in [2.45, 2.75) is 52.1 Å². The van der Waals surface area contributed by atoms with Gasteiger partial charge < -0.3 is 4.74 Å². The van der Waals surface area contributed by atoms with Crippen LogP contribution in [0.2, 0.25) is 19.6 Å². The molecule has 1 aliphatic rings. The Bertz CT molecular complexity index is 402. The van der Waals surface area contributed by atoms with E-state index >= 15 is 0 Å². The van der Waals surface area contributed by atoms with Crippen molar-refractivity contribution in [2.24, 2.45) is 0 Å². The molecule has 2 rings (SSSR count). The molecule has 0 N–H and O–H groups in total. The number of hydrogen-bond donors (Lipinski definition) is 0. The van der Waals surface area contributed by atoms with Gasteiger partial charge in [-0.15, -0.1) is 0 Å². The Kier molecular flexibility index (Phi) is 5.41. The second-order valence-corrected chi connectivity index (χ2v) is 12.0. The third kappa shape index (κ3) is 4.44. The SMILES string of the molecule is CCOC1CCN(Cc2ccc([Si](C)(C)C)cc2)CC1. The average Bonchev–Trinajstić information content (AvgIpc) is 2.41. The maximum Gasteiger partial charge on any atom is 0.0775 e. The standard InChI is InChI=1S/C17H29NOSi/c1-5-19-16-10-12-18(13-11-16)14-15-6-8-17(9-7-15)20(2,3)4/h6-9,16H,5,10-14H2,1-4H3. The monoisotopic (exact) mass is 291 g/mol. The van der Waals surface area contributed by atoms with E-state index < -0.39 is 8.07 Å². The van der Waals surface area contributed by atoms with Crippen molar-refractivity contribution in [2.75, 3.05) is 19.7 Å². The van der Waals surface area contributed by atoms with Crippen LogP contribution in [-0.2, 0) is 11.3 Å². The van der Waals surface area contributed by atoms with Gasteiger partial charge in [0.15, 0.2) is 0 Å². The first-order valence-corrected chi connectivity index (χ1v) is 11.4. The highest BCUT2D eigenvalue weighted by Crippen LogP contribution is 2.16. The zero-order chi connectivity index (χ0) is 14.6. The second-order valence-electron chi connectivity index (χ2n) is 6.88. The van der Waals surface area contributed by atoms with Gasteiger partial charge in [0.1, 0.15) is 0 Å². The third-order valence-corrected chi connectivity index (χ3v) is 6.23. The molecule has 0 bridgehead atoms. The number of piperidine rings is 1. The molecule has 0 spiro atoms. The van der Waals surface area contributed by atoms with Gasteiger partial charge >= 0.3 is 0 Å². The quantitative estimate of drug-likeness (QED) is 0.772. The van der Waals surface area contributed by atoms with Crippen molar-refractivity contribution in [1.29, 1.82) is 0 Å². The van der Waals surface area contributed by atoms with E-state index in [0.717, 1.165) is 13.2 Å². The molecule has 0 atom stereocenters. The van der Waals surface area contributed by atoms with E-state index in [9.17, 15) is 0 Å². The van der Waals surface area contributed by atoms with Gasteiger partial charge in [0.2, 0.25) is 0 Å². The Morgan fingerprint density at radius 3 is 2.20 bits per heavy atom. The fourth-order valence-corrected chi connectivity index (χ4v) is 4.00. The van der Waals surface area contributed by atoms with Gasteiger partial charge in [-0.2, -0.15) is 0 Å². The summed E-state index contributed by atoms with van der Waals surface area (Å²) in [7, 11) is -1.16. The summed E-state index contributed by atoms with van der Waals surface area (Å²) in [5.41, 5.74) is 1.45. The summed E-state index contributed by atoms with van der Waals surface area (Å²) in [6.07, 6.45) is 2.85. The summed E-state index contributed by atoms with van der Waals surface area (Å²) >= 11 is 0. The highest BCUT2D eigenvalue weighted by atomic mass is 28.3. The second kappa shape index (κ2) is 6.88. The third-order valence-electron chi connectivity index (χ3n) is 4.16. The molecule has 0 aromatic heterocycles. The summed E-state index contributed by atoms with van der Waals surface area (Å²) in [4.78, 5) is 2.55. The molecular weight excluding hydrogens is 262 g/mol. The van der Waals surface area contributed by atoms with E-state index in [1.165, 1.54) is 31.5 Å². The van der Waals surface area contributed by atoms with Crippen molar-refractivity contribution in [1.82, 2.24) is 4.90 Å². The molecule has 0 amide bonds. The molecule has 1 heterocycles. The number of rotatable bonds is 5. The van der Waals surface area contributed by atoms with Crippen molar-refractivity contribution in [3.05, 3.63) is 29.8 Å². The lowest BCUT2D eigenvalue weighted by Crippen LogP contribution is -2.38. The van der Waals surface area contributed by atoms with Gasteiger partial charge in [0.25, 0.3) is 0 Å². The number of benzene rings is 1. The summed E-state index contributed by atoms with van der Waals surface area (Å²) < 4.78 is 5.71. The van der Waals surface area contributed by atoms with Gasteiger partial charge in [-0.25, -0.2) is 0 Å². The lowest BCUT2D eigenvalue weighted by molar-refractivity contribution is 0.0125. The first-order valence-electron chi connectivity index (χ1n) is 7.92. The minimum Gasteiger partial charge on any atom is -0.378 e. The molecular formula is C17H29NOSi. The summed E-state index contributed by atoms with van der Waals surface area (Å²) in [6, 6.07) is 9.33. The molecule has 0 saturated carbocycles. The molecule has 1 fully saturated rings. The highest BCUT2D eigenvalue weighted by molar-refractivity contribution is 6.88. The zero-order valence-electron chi connectivity index (χ0n) is 13.5. The molecule has 112 valence electrons. The average molecular weight is 292 g/mol. The van der Waals surface area contributed by atoms with Crippen LogP contribution in [0, 0.1) is 0 Å². The van der Waals surface area contributed by atoms with E-state index in [0.29, 0.717) is 6.10 Å². The van der Waals surface area contributed by atoms with Crippen LogP contribution in [0.1, 0.15) is 25.3 Å². The van der Waals surface area contributed by atoms with Gasteiger partial charge in [-0.1, -0.05) is 49.1 Å². The van der Waals surface area contributed by atoms with Crippen LogP contribution in [0.5, 0.6) is 0 Å². The summed E-state index contributed by atoms with van der Waals surface area (Å²) in [6.45, 7) is 13.6. The van der Waals surface area contributed by atoms with Crippen LogP contribution in [0.4, 0.5) is 0 Å². The predicted octanol–water partition coefficient (Wildman–Crippen LogP) is 3.23. The minimum absolute atomic E-state index is 0.491. The maximum atomic E-state index is 5.71. The number of hydrogen-bond acceptors (Lipinski definition) is 2. The van der Waals surface area contributed by atoms with E-state index in [4.69, 9.17) is 4.74 Å². The Balaban J connectivity index is 1.85. The lowest BCUT2D eigenvalue weighted by Gasteiger charge is -2.31. The van der Waals surface area contributed by atoms with Crippen LogP contribution in [0.3, 0.4) is 0 Å². The van der Waals surface area contributed by atoms with Crippen LogP contribution < -0.4 is 5.19 Å². The molecule has 0 aliphatic carbocycles. The Morgan fingerprint density at radius 2 is 1.70 bits per heavy atom. The van der Waals surface area contributed by atoms with Crippen molar-refractivity contribution in [3.8, 4) is 0 Å². The van der Waals surface area contributed by atoms with Gasteiger partial charge in [0.05, 0.1) is 14.2 Å². The minimum atomic E-state index is -1.16. The summed E-state index contributed by atoms with van der Waals surface area (Å²) in [5, 5.41) is 1.55.